The molecular formula is C19H24N2O2S2. The van der Waals surface area contributed by atoms with Crippen LogP contribution in [-0.4, -0.2) is 30.0 Å². The quantitative estimate of drug-likeness (QED) is 0.725. The van der Waals surface area contributed by atoms with Crippen LogP contribution in [0.4, 0.5) is 0 Å². The minimum absolute atomic E-state index is 0.131. The molecule has 1 aromatic carbocycles. The van der Waals surface area contributed by atoms with Gasteiger partial charge in [0.25, 0.3) is 0 Å². The molecule has 0 bridgehead atoms. The number of aromatic nitrogens is 1. The lowest BCUT2D eigenvalue weighted by Gasteiger charge is -2.34. The normalized spacial score (nSPS) is 19.0. The second-order valence-electron chi connectivity index (χ2n) is 6.30. The van der Waals surface area contributed by atoms with Crippen molar-refractivity contribution < 1.29 is 8.42 Å². The Morgan fingerprint density at radius 2 is 1.92 bits per heavy atom. The molecule has 0 saturated carbocycles. The molecule has 0 spiro atoms. The number of nitrogens with zero attached hydrogens (tertiary/aromatic N) is 2. The zero-order chi connectivity index (χ0) is 17.9. The highest BCUT2D eigenvalue weighted by Gasteiger charge is 2.34. The SMILES string of the molecule is CCSc1ccc([C@@H]2CCCCN2S(=O)(=O)c2ccc(C)cc2)cn1. The lowest BCUT2D eigenvalue weighted by Crippen LogP contribution is -2.38. The molecule has 0 N–H and O–H groups in total. The maximum atomic E-state index is 13.2. The Morgan fingerprint density at radius 1 is 1.16 bits per heavy atom. The van der Waals surface area contributed by atoms with Gasteiger partial charge in [-0.05, 0) is 49.3 Å². The van der Waals surface area contributed by atoms with Crippen molar-refractivity contribution in [3.63, 3.8) is 0 Å². The molecule has 3 rings (SSSR count). The van der Waals surface area contributed by atoms with Crippen LogP contribution in [0, 0.1) is 6.92 Å². The van der Waals surface area contributed by atoms with Gasteiger partial charge in [-0.3, -0.25) is 0 Å². The summed E-state index contributed by atoms with van der Waals surface area (Å²) in [5, 5.41) is 0.981. The van der Waals surface area contributed by atoms with E-state index >= 15 is 0 Å². The van der Waals surface area contributed by atoms with E-state index in [4.69, 9.17) is 0 Å². The summed E-state index contributed by atoms with van der Waals surface area (Å²) in [4.78, 5) is 4.86. The Bertz CT molecular complexity index is 802. The topological polar surface area (TPSA) is 50.3 Å². The van der Waals surface area contributed by atoms with Gasteiger partial charge in [0, 0.05) is 12.7 Å². The largest absolute Gasteiger partial charge is 0.250 e. The number of thioether (sulfide) groups is 1. The number of sulfonamides is 1. The molecule has 1 atom stereocenters. The molecular weight excluding hydrogens is 352 g/mol. The van der Waals surface area contributed by atoms with Crippen molar-refractivity contribution in [3.8, 4) is 0 Å². The summed E-state index contributed by atoms with van der Waals surface area (Å²) in [5.41, 5.74) is 2.04. The van der Waals surface area contributed by atoms with Crippen molar-refractivity contribution in [3.05, 3.63) is 53.7 Å². The van der Waals surface area contributed by atoms with E-state index in [0.29, 0.717) is 11.4 Å². The third-order valence-electron chi connectivity index (χ3n) is 4.52. The minimum atomic E-state index is -3.50. The molecule has 1 aliphatic heterocycles. The average Bonchev–Trinajstić information content (AvgIpc) is 2.63. The van der Waals surface area contributed by atoms with Gasteiger partial charge in [0.1, 0.15) is 0 Å². The Balaban J connectivity index is 1.91. The summed E-state index contributed by atoms with van der Waals surface area (Å²) in [6.45, 7) is 4.62. The fourth-order valence-corrected chi connectivity index (χ4v) is 5.46. The summed E-state index contributed by atoms with van der Waals surface area (Å²) in [5.74, 6) is 0.976. The van der Waals surface area contributed by atoms with E-state index in [2.05, 4.69) is 11.9 Å². The summed E-state index contributed by atoms with van der Waals surface area (Å²) in [7, 11) is -3.50. The van der Waals surface area contributed by atoms with E-state index in [-0.39, 0.29) is 6.04 Å². The van der Waals surface area contributed by atoms with Crippen LogP contribution in [0.3, 0.4) is 0 Å². The lowest BCUT2D eigenvalue weighted by molar-refractivity contribution is 0.255. The van der Waals surface area contributed by atoms with Gasteiger partial charge in [0.05, 0.1) is 16.0 Å². The number of pyridine rings is 1. The van der Waals surface area contributed by atoms with Crippen molar-refractivity contribution in [2.75, 3.05) is 12.3 Å². The number of benzene rings is 1. The number of rotatable bonds is 5. The van der Waals surface area contributed by atoms with Crippen LogP contribution < -0.4 is 0 Å². The van der Waals surface area contributed by atoms with Crippen LogP contribution in [0.1, 0.15) is 43.4 Å². The standard InChI is InChI=1S/C19H24N2O2S2/c1-3-24-19-12-9-16(14-20-19)18-6-4-5-13-21(18)25(22,23)17-10-7-15(2)8-11-17/h7-12,14,18H,3-6,13H2,1-2H3/t18-/m0/s1. The Hall–Kier alpha value is -1.37. The molecule has 1 aromatic heterocycles. The van der Waals surface area contributed by atoms with Crippen molar-refractivity contribution >= 4 is 21.8 Å². The van der Waals surface area contributed by atoms with E-state index < -0.39 is 10.0 Å². The van der Waals surface area contributed by atoms with E-state index in [0.717, 1.165) is 41.2 Å². The molecule has 0 aliphatic carbocycles. The molecule has 2 heterocycles. The maximum Gasteiger partial charge on any atom is 0.243 e. The first-order valence-corrected chi connectivity index (χ1v) is 11.1. The van der Waals surface area contributed by atoms with E-state index in [1.807, 2.05) is 37.4 Å². The van der Waals surface area contributed by atoms with Crippen LogP contribution >= 0.6 is 11.8 Å². The summed E-state index contributed by atoms with van der Waals surface area (Å²) in [6, 6.07) is 11.0. The predicted molar refractivity (Wildman–Crippen MR) is 102 cm³/mol. The first-order valence-electron chi connectivity index (χ1n) is 8.69. The monoisotopic (exact) mass is 376 g/mol. The molecule has 1 fully saturated rings. The molecule has 2 aromatic rings. The second kappa shape index (κ2) is 7.89. The molecule has 4 nitrogen and oxygen atoms in total. The zero-order valence-corrected chi connectivity index (χ0v) is 16.3. The molecule has 0 radical (unpaired) electrons. The van der Waals surface area contributed by atoms with E-state index in [1.165, 1.54) is 0 Å². The van der Waals surface area contributed by atoms with Gasteiger partial charge in [-0.1, -0.05) is 37.1 Å². The summed E-state index contributed by atoms with van der Waals surface area (Å²) >= 11 is 1.69. The maximum absolute atomic E-state index is 13.2. The smallest absolute Gasteiger partial charge is 0.243 e. The van der Waals surface area contributed by atoms with Crippen molar-refractivity contribution in [2.24, 2.45) is 0 Å². The molecule has 1 aliphatic rings. The van der Waals surface area contributed by atoms with Gasteiger partial charge < -0.3 is 0 Å². The van der Waals surface area contributed by atoms with Crippen molar-refractivity contribution in [1.82, 2.24) is 9.29 Å². The number of hydrogen-bond donors (Lipinski definition) is 0. The van der Waals surface area contributed by atoms with Crippen LogP contribution in [0.25, 0.3) is 0 Å². The van der Waals surface area contributed by atoms with E-state index in [1.54, 1.807) is 28.2 Å². The second-order valence-corrected chi connectivity index (χ2v) is 9.48. The Morgan fingerprint density at radius 3 is 2.56 bits per heavy atom. The highest BCUT2D eigenvalue weighted by Crippen LogP contribution is 2.35. The van der Waals surface area contributed by atoms with Gasteiger partial charge in [-0.15, -0.1) is 11.8 Å². The van der Waals surface area contributed by atoms with Gasteiger partial charge in [0.15, 0.2) is 0 Å². The number of aryl methyl sites for hydroxylation is 1. The molecule has 1 saturated heterocycles. The molecule has 25 heavy (non-hydrogen) atoms. The van der Waals surface area contributed by atoms with Crippen LogP contribution in [-0.2, 0) is 10.0 Å². The molecule has 0 unspecified atom stereocenters. The first kappa shape index (κ1) is 18.4. The van der Waals surface area contributed by atoms with Crippen molar-refractivity contribution in [2.45, 2.75) is 49.1 Å². The van der Waals surface area contributed by atoms with Gasteiger partial charge in [0.2, 0.25) is 10.0 Å². The van der Waals surface area contributed by atoms with Gasteiger partial charge in [-0.2, -0.15) is 4.31 Å². The third-order valence-corrected chi connectivity index (χ3v) is 7.27. The Kier molecular flexibility index (Phi) is 5.81. The Labute approximate surface area is 154 Å². The van der Waals surface area contributed by atoms with Crippen LogP contribution in [0.15, 0.2) is 52.5 Å². The number of hydrogen-bond acceptors (Lipinski definition) is 4. The molecule has 0 amide bonds. The fourth-order valence-electron chi connectivity index (χ4n) is 3.19. The summed E-state index contributed by atoms with van der Waals surface area (Å²) < 4.78 is 28.0. The van der Waals surface area contributed by atoms with Crippen LogP contribution in [0.2, 0.25) is 0 Å². The van der Waals surface area contributed by atoms with E-state index in [9.17, 15) is 8.42 Å². The summed E-state index contributed by atoms with van der Waals surface area (Å²) in [6.07, 6.45) is 4.62. The predicted octanol–water partition coefficient (Wildman–Crippen LogP) is 4.42. The first-order chi connectivity index (χ1) is 12.0. The van der Waals surface area contributed by atoms with Crippen LogP contribution in [0.5, 0.6) is 0 Å². The van der Waals surface area contributed by atoms with Crippen molar-refractivity contribution in [1.29, 1.82) is 0 Å². The fraction of sp³-hybridized carbons (Fsp3) is 0.421. The van der Waals surface area contributed by atoms with Gasteiger partial charge in [-0.25, -0.2) is 13.4 Å². The third kappa shape index (κ3) is 4.07. The molecule has 134 valence electrons. The zero-order valence-electron chi connectivity index (χ0n) is 14.7. The average molecular weight is 377 g/mol. The molecule has 6 heteroatoms. The number of piperidine rings is 1. The highest BCUT2D eigenvalue weighted by atomic mass is 32.2. The minimum Gasteiger partial charge on any atom is -0.250 e. The lowest BCUT2D eigenvalue weighted by atomic mass is 9.99. The van der Waals surface area contributed by atoms with Gasteiger partial charge >= 0.3 is 0 Å². The highest BCUT2D eigenvalue weighted by molar-refractivity contribution is 7.99.